The molecule has 3 rings (SSSR count). The third kappa shape index (κ3) is 4.71. The van der Waals surface area contributed by atoms with E-state index in [0.717, 1.165) is 12.1 Å². The molecule has 29 heavy (non-hydrogen) atoms. The van der Waals surface area contributed by atoms with E-state index in [1.807, 2.05) is 24.3 Å². The topological polar surface area (TPSA) is 78.5 Å². The van der Waals surface area contributed by atoms with Crippen LogP contribution in [0, 0.1) is 5.92 Å². The number of hydrogen-bond acceptors (Lipinski definition) is 3. The molecule has 1 aliphatic rings. The maximum atomic E-state index is 12.8. The van der Waals surface area contributed by atoms with Gasteiger partial charge in [-0.2, -0.15) is 0 Å². The monoisotopic (exact) mass is 391 g/mol. The zero-order valence-electron chi connectivity index (χ0n) is 16.5. The normalized spacial score (nSPS) is 15.8. The number of carbonyl (C=O) groups excluding carboxylic acids is 3. The molecule has 2 aromatic rings. The number of aryl methyl sites for hydroxylation is 1. The lowest BCUT2D eigenvalue weighted by molar-refractivity contribution is -0.122. The van der Waals surface area contributed by atoms with Crippen molar-refractivity contribution in [3.05, 3.63) is 72.3 Å². The lowest BCUT2D eigenvalue weighted by Crippen LogP contribution is -2.29. The summed E-state index contributed by atoms with van der Waals surface area (Å²) < 4.78 is 0. The van der Waals surface area contributed by atoms with Crippen LogP contribution in [0.4, 0.5) is 11.4 Å². The van der Waals surface area contributed by atoms with Gasteiger partial charge < -0.3 is 15.5 Å². The molecule has 6 nitrogen and oxygen atoms in total. The Bertz CT molecular complexity index is 921. The molecule has 3 amide bonds. The molecule has 0 aliphatic carbocycles. The Balaban J connectivity index is 1.70. The number of anilines is 2. The number of benzene rings is 2. The number of para-hydroxylation sites is 1. The van der Waals surface area contributed by atoms with Gasteiger partial charge in [0.1, 0.15) is 0 Å². The molecule has 2 N–H and O–H groups in total. The molecular formula is C23H25N3O3. The van der Waals surface area contributed by atoms with Gasteiger partial charge >= 0.3 is 0 Å². The van der Waals surface area contributed by atoms with Crippen LogP contribution in [0.3, 0.4) is 0 Å². The highest BCUT2D eigenvalue weighted by Crippen LogP contribution is 2.27. The molecular weight excluding hydrogens is 366 g/mol. The van der Waals surface area contributed by atoms with Crippen LogP contribution >= 0.6 is 0 Å². The Hall–Kier alpha value is -3.41. The van der Waals surface area contributed by atoms with Crippen LogP contribution in [0.15, 0.2) is 61.2 Å². The number of amides is 3. The van der Waals surface area contributed by atoms with Gasteiger partial charge in [0, 0.05) is 25.2 Å². The lowest BCUT2D eigenvalue weighted by atomic mass is 10.1. The molecule has 1 fully saturated rings. The first-order valence-electron chi connectivity index (χ1n) is 9.71. The quantitative estimate of drug-likeness (QED) is 0.712. The first-order chi connectivity index (χ1) is 14.0. The van der Waals surface area contributed by atoms with Gasteiger partial charge in [-0.15, -0.1) is 6.58 Å². The van der Waals surface area contributed by atoms with Gasteiger partial charge in [0.05, 0.1) is 17.2 Å². The number of nitrogens with zero attached hydrogens (tertiary/aromatic N) is 1. The summed E-state index contributed by atoms with van der Waals surface area (Å²) in [4.78, 5) is 39.2. The smallest absolute Gasteiger partial charge is 0.253 e. The molecule has 1 unspecified atom stereocenters. The van der Waals surface area contributed by atoms with Crippen molar-refractivity contribution >= 4 is 29.1 Å². The van der Waals surface area contributed by atoms with E-state index in [1.54, 1.807) is 35.2 Å². The van der Waals surface area contributed by atoms with Gasteiger partial charge in [0.2, 0.25) is 11.8 Å². The predicted octanol–water partition coefficient (Wildman–Crippen LogP) is 3.16. The van der Waals surface area contributed by atoms with Crippen molar-refractivity contribution in [3.63, 3.8) is 0 Å². The van der Waals surface area contributed by atoms with Crippen molar-refractivity contribution in [1.29, 1.82) is 0 Å². The highest BCUT2D eigenvalue weighted by atomic mass is 16.2. The maximum absolute atomic E-state index is 12.8. The fraction of sp³-hybridized carbons (Fsp3) is 0.261. The minimum atomic E-state index is -0.474. The molecule has 0 radical (unpaired) electrons. The standard InChI is InChI=1S/C23H25N3O3/c1-3-13-24-23(29)19-7-5-6-8-20(19)25-22(28)17-14-21(27)26(15-17)18-11-9-16(4-2)10-12-18/h3,5-12,17H,1,4,13-15H2,2H3,(H,24,29)(H,25,28). The van der Waals surface area contributed by atoms with E-state index < -0.39 is 5.92 Å². The van der Waals surface area contributed by atoms with Crippen molar-refractivity contribution in [2.24, 2.45) is 5.92 Å². The van der Waals surface area contributed by atoms with Gasteiger partial charge in [-0.1, -0.05) is 37.3 Å². The zero-order valence-corrected chi connectivity index (χ0v) is 16.5. The summed E-state index contributed by atoms with van der Waals surface area (Å²) in [6.45, 7) is 6.31. The Morgan fingerprint density at radius 1 is 1.17 bits per heavy atom. The molecule has 1 saturated heterocycles. The molecule has 0 bridgehead atoms. The highest BCUT2D eigenvalue weighted by Gasteiger charge is 2.35. The van der Waals surface area contributed by atoms with Crippen LogP contribution in [-0.2, 0) is 16.0 Å². The minimum Gasteiger partial charge on any atom is -0.349 e. The SMILES string of the molecule is C=CCNC(=O)c1ccccc1NC(=O)C1CC(=O)N(c2ccc(CC)cc2)C1. The van der Waals surface area contributed by atoms with Gasteiger partial charge in [-0.25, -0.2) is 0 Å². The van der Waals surface area contributed by atoms with Crippen molar-refractivity contribution < 1.29 is 14.4 Å². The maximum Gasteiger partial charge on any atom is 0.253 e. The highest BCUT2D eigenvalue weighted by molar-refractivity contribution is 6.07. The average molecular weight is 391 g/mol. The van der Waals surface area contributed by atoms with Gasteiger partial charge in [0.15, 0.2) is 0 Å². The molecule has 2 aromatic carbocycles. The zero-order chi connectivity index (χ0) is 20.8. The molecule has 0 aromatic heterocycles. The first kappa shape index (κ1) is 20.3. The summed E-state index contributed by atoms with van der Waals surface area (Å²) >= 11 is 0. The third-order valence-corrected chi connectivity index (χ3v) is 4.99. The summed E-state index contributed by atoms with van der Waals surface area (Å²) in [7, 11) is 0. The Morgan fingerprint density at radius 3 is 2.59 bits per heavy atom. The molecule has 1 heterocycles. The summed E-state index contributed by atoms with van der Waals surface area (Å²) in [6, 6.07) is 14.6. The largest absolute Gasteiger partial charge is 0.349 e. The summed E-state index contributed by atoms with van der Waals surface area (Å²) in [5.74, 6) is -1.11. The molecule has 1 atom stereocenters. The van der Waals surface area contributed by atoms with Crippen LogP contribution in [-0.4, -0.2) is 30.8 Å². The second-order valence-corrected chi connectivity index (χ2v) is 6.96. The van der Waals surface area contributed by atoms with E-state index in [1.165, 1.54) is 5.56 Å². The van der Waals surface area contributed by atoms with Crippen LogP contribution in [0.5, 0.6) is 0 Å². The third-order valence-electron chi connectivity index (χ3n) is 4.99. The van der Waals surface area contributed by atoms with Gasteiger partial charge in [0.25, 0.3) is 5.91 Å². The summed E-state index contributed by atoms with van der Waals surface area (Å²) in [5, 5.41) is 5.52. The van der Waals surface area contributed by atoms with Gasteiger partial charge in [-0.3, -0.25) is 14.4 Å². The van der Waals surface area contributed by atoms with Crippen LogP contribution in [0.25, 0.3) is 0 Å². The minimum absolute atomic E-state index is 0.0774. The van der Waals surface area contributed by atoms with E-state index in [2.05, 4.69) is 24.1 Å². The fourth-order valence-electron chi connectivity index (χ4n) is 3.33. The second kappa shape index (κ2) is 9.19. The number of rotatable bonds is 7. The Morgan fingerprint density at radius 2 is 1.90 bits per heavy atom. The summed E-state index contributed by atoms with van der Waals surface area (Å²) in [5.41, 5.74) is 2.80. The first-order valence-corrected chi connectivity index (χ1v) is 9.71. The predicted molar refractivity (Wildman–Crippen MR) is 114 cm³/mol. The van der Waals surface area contributed by atoms with Gasteiger partial charge in [-0.05, 0) is 36.2 Å². The van der Waals surface area contributed by atoms with Crippen LogP contribution < -0.4 is 15.5 Å². The van der Waals surface area contributed by atoms with Crippen molar-refractivity contribution in [3.8, 4) is 0 Å². The number of nitrogens with one attached hydrogen (secondary N) is 2. The Kier molecular flexibility index (Phi) is 6.44. The van der Waals surface area contributed by atoms with E-state index in [9.17, 15) is 14.4 Å². The Labute approximate surface area is 170 Å². The average Bonchev–Trinajstić information content (AvgIpc) is 3.14. The summed E-state index contributed by atoms with van der Waals surface area (Å²) in [6.07, 6.45) is 2.66. The van der Waals surface area contributed by atoms with Crippen molar-refractivity contribution in [2.75, 3.05) is 23.3 Å². The molecule has 150 valence electrons. The fourth-order valence-corrected chi connectivity index (χ4v) is 3.33. The van der Waals surface area contributed by atoms with Crippen LogP contribution in [0.2, 0.25) is 0 Å². The van der Waals surface area contributed by atoms with E-state index in [4.69, 9.17) is 0 Å². The van der Waals surface area contributed by atoms with E-state index >= 15 is 0 Å². The van der Waals surface area contributed by atoms with Crippen molar-refractivity contribution in [1.82, 2.24) is 5.32 Å². The second-order valence-electron chi connectivity index (χ2n) is 6.96. The molecule has 0 spiro atoms. The number of hydrogen-bond donors (Lipinski definition) is 2. The van der Waals surface area contributed by atoms with E-state index in [-0.39, 0.29) is 24.1 Å². The van der Waals surface area contributed by atoms with Crippen molar-refractivity contribution in [2.45, 2.75) is 19.8 Å². The van der Waals surface area contributed by atoms with E-state index in [0.29, 0.717) is 24.3 Å². The molecule has 6 heteroatoms. The number of carbonyl (C=O) groups is 3. The lowest BCUT2D eigenvalue weighted by Gasteiger charge is -2.17. The molecule has 1 aliphatic heterocycles. The van der Waals surface area contributed by atoms with Crippen LogP contribution in [0.1, 0.15) is 29.3 Å². The molecule has 0 saturated carbocycles.